The predicted molar refractivity (Wildman–Crippen MR) is 85.7 cm³/mol. The third-order valence-corrected chi connectivity index (χ3v) is 3.56. The molecule has 0 heterocycles. The zero-order valence-electron chi connectivity index (χ0n) is 12.8. The molecule has 0 radical (unpaired) electrons. The summed E-state index contributed by atoms with van der Waals surface area (Å²) in [5, 5.41) is 2.87. The summed E-state index contributed by atoms with van der Waals surface area (Å²) in [6.07, 6.45) is 0.999. The van der Waals surface area contributed by atoms with E-state index >= 15 is 0 Å². The van der Waals surface area contributed by atoms with Crippen LogP contribution in [0, 0.1) is 5.82 Å². The highest BCUT2D eigenvalue weighted by Gasteiger charge is 2.11. The van der Waals surface area contributed by atoms with E-state index in [9.17, 15) is 9.18 Å². The topological polar surface area (TPSA) is 38.3 Å². The minimum absolute atomic E-state index is 0.111. The summed E-state index contributed by atoms with van der Waals surface area (Å²) in [4.78, 5) is 12.0. The second-order valence-electron chi connectivity index (χ2n) is 5.19. The number of carbonyl (C=O) groups is 1. The molecule has 2 rings (SSSR count). The first-order chi connectivity index (χ1) is 10.6. The SMILES string of the molecule is CC[C@H](C)c1ccccc1NC(=O)COc1ccc(F)cc1. The van der Waals surface area contributed by atoms with Crippen LogP contribution >= 0.6 is 0 Å². The van der Waals surface area contributed by atoms with E-state index in [-0.39, 0.29) is 18.3 Å². The van der Waals surface area contributed by atoms with Crippen LogP contribution in [0.5, 0.6) is 5.75 Å². The molecule has 1 N–H and O–H groups in total. The minimum Gasteiger partial charge on any atom is -0.484 e. The van der Waals surface area contributed by atoms with Gasteiger partial charge in [-0.25, -0.2) is 4.39 Å². The highest BCUT2D eigenvalue weighted by atomic mass is 19.1. The fourth-order valence-electron chi connectivity index (χ4n) is 2.13. The summed E-state index contributed by atoms with van der Waals surface area (Å²) < 4.78 is 18.1. The number of ether oxygens (including phenoxy) is 1. The number of rotatable bonds is 6. The van der Waals surface area contributed by atoms with Crippen molar-refractivity contribution in [3.8, 4) is 5.75 Å². The molecule has 2 aromatic carbocycles. The first-order valence-electron chi connectivity index (χ1n) is 7.37. The molecule has 0 aliphatic carbocycles. The second kappa shape index (κ2) is 7.59. The predicted octanol–water partition coefficient (Wildman–Crippen LogP) is 4.36. The van der Waals surface area contributed by atoms with Crippen molar-refractivity contribution in [2.75, 3.05) is 11.9 Å². The Morgan fingerprint density at radius 1 is 1.18 bits per heavy atom. The molecule has 0 saturated heterocycles. The van der Waals surface area contributed by atoms with Gasteiger partial charge in [0.1, 0.15) is 11.6 Å². The van der Waals surface area contributed by atoms with Gasteiger partial charge < -0.3 is 10.1 Å². The van der Waals surface area contributed by atoms with Crippen molar-refractivity contribution in [2.45, 2.75) is 26.2 Å². The third-order valence-electron chi connectivity index (χ3n) is 3.56. The monoisotopic (exact) mass is 301 g/mol. The molecule has 116 valence electrons. The molecular formula is C18H20FNO2. The van der Waals surface area contributed by atoms with Gasteiger partial charge in [0.15, 0.2) is 6.61 Å². The minimum atomic E-state index is -0.334. The largest absolute Gasteiger partial charge is 0.484 e. The smallest absolute Gasteiger partial charge is 0.262 e. The number of halogens is 1. The highest BCUT2D eigenvalue weighted by Crippen LogP contribution is 2.26. The molecule has 0 spiro atoms. The molecule has 3 nitrogen and oxygen atoms in total. The molecule has 0 saturated carbocycles. The molecule has 0 aromatic heterocycles. The van der Waals surface area contributed by atoms with Gasteiger partial charge in [0.25, 0.3) is 5.91 Å². The zero-order valence-corrected chi connectivity index (χ0v) is 12.8. The Hall–Kier alpha value is -2.36. The van der Waals surface area contributed by atoms with E-state index in [4.69, 9.17) is 4.74 Å². The van der Waals surface area contributed by atoms with E-state index in [1.54, 1.807) is 0 Å². The van der Waals surface area contributed by atoms with Crippen molar-refractivity contribution in [1.82, 2.24) is 0 Å². The lowest BCUT2D eigenvalue weighted by molar-refractivity contribution is -0.118. The number of amides is 1. The van der Waals surface area contributed by atoms with Gasteiger partial charge in [0.2, 0.25) is 0 Å². The Balaban J connectivity index is 1.96. The van der Waals surface area contributed by atoms with Crippen molar-refractivity contribution in [3.05, 3.63) is 59.9 Å². The van der Waals surface area contributed by atoms with Crippen molar-refractivity contribution in [3.63, 3.8) is 0 Å². The molecule has 0 fully saturated rings. The fraction of sp³-hybridized carbons (Fsp3) is 0.278. The van der Waals surface area contributed by atoms with Gasteiger partial charge in [-0.15, -0.1) is 0 Å². The average Bonchev–Trinajstić information content (AvgIpc) is 2.54. The second-order valence-corrected chi connectivity index (χ2v) is 5.19. The molecule has 2 aromatic rings. The van der Waals surface area contributed by atoms with E-state index < -0.39 is 0 Å². The first kappa shape index (κ1) is 16.0. The van der Waals surface area contributed by atoms with Gasteiger partial charge in [-0.3, -0.25) is 4.79 Å². The average molecular weight is 301 g/mol. The van der Waals surface area contributed by atoms with Gasteiger partial charge in [-0.05, 0) is 48.2 Å². The Labute approximate surface area is 130 Å². The van der Waals surface area contributed by atoms with E-state index in [1.807, 2.05) is 24.3 Å². The molecule has 22 heavy (non-hydrogen) atoms. The van der Waals surface area contributed by atoms with Crippen LogP contribution in [0.25, 0.3) is 0 Å². The van der Waals surface area contributed by atoms with Gasteiger partial charge in [0, 0.05) is 5.69 Å². The van der Waals surface area contributed by atoms with E-state index in [1.165, 1.54) is 24.3 Å². The molecular weight excluding hydrogens is 281 g/mol. The molecule has 0 aliphatic rings. The molecule has 0 aliphatic heterocycles. The van der Waals surface area contributed by atoms with Gasteiger partial charge in [-0.1, -0.05) is 32.0 Å². The molecule has 1 amide bonds. The number of anilines is 1. The highest BCUT2D eigenvalue weighted by molar-refractivity contribution is 5.92. The normalized spacial score (nSPS) is 11.8. The number of hydrogen-bond donors (Lipinski definition) is 1. The van der Waals surface area contributed by atoms with Crippen LogP contribution in [0.15, 0.2) is 48.5 Å². The molecule has 0 bridgehead atoms. The van der Waals surface area contributed by atoms with E-state index in [0.717, 1.165) is 17.7 Å². The lowest BCUT2D eigenvalue weighted by atomic mass is 9.97. The van der Waals surface area contributed by atoms with Crippen LogP contribution in [0.4, 0.5) is 10.1 Å². The van der Waals surface area contributed by atoms with Crippen LogP contribution in [-0.2, 0) is 4.79 Å². The Morgan fingerprint density at radius 2 is 1.86 bits per heavy atom. The lowest BCUT2D eigenvalue weighted by Crippen LogP contribution is -2.21. The third kappa shape index (κ3) is 4.32. The summed E-state index contributed by atoms with van der Waals surface area (Å²) in [7, 11) is 0. The van der Waals surface area contributed by atoms with Gasteiger partial charge in [-0.2, -0.15) is 0 Å². The zero-order chi connectivity index (χ0) is 15.9. The van der Waals surface area contributed by atoms with Crippen LogP contribution in [0.1, 0.15) is 31.7 Å². The Bertz CT molecular complexity index is 625. The van der Waals surface area contributed by atoms with Gasteiger partial charge >= 0.3 is 0 Å². The number of nitrogens with one attached hydrogen (secondary N) is 1. The van der Waals surface area contributed by atoms with Crippen molar-refractivity contribution >= 4 is 11.6 Å². The van der Waals surface area contributed by atoms with Crippen LogP contribution in [0.2, 0.25) is 0 Å². The fourth-order valence-corrected chi connectivity index (χ4v) is 2.13. The quantitative estimate of drug-likeness (QED) is 0.861. The summed E-state index contributed by atoms with van der Waals surface area (Å²) in [5.41, 5.74) is 1.92. The van der Waals surface area contributed by atoms with Crippen molar-refractivity contribution in [1.29, 1.82) is 0 Å². The number of carbonyl (C=O) groups excluding carboxylic acids is 1. The summed E-state index contributed by atoms with van der Waals surface area (Å²) in [6, 6.07) is 13.3. The van der Waals surface area contributed by atoms with Crippen molar-refractivity contribution < 1.29 is 13.9 Å². The number of para-hydroxylation sites is 1. The van der Waals surface area contributed by atoms with Crippen LogP contribution in [-0.4, -0.2) is 12.5 Å². The maximum absolute atomic E-state index is 12.8. The Morgan fingerprint density at radius 3 is 2.55 bits per heavy atom. The van der Waals surface area contributed by atoms with Gasteiger partial charge in [0.05, 0.1) is 0 Å². The molecule has 4 heteroatoms. The van der Waals surface area contributed by atoms with E-state index in [0.29, 0.717) is 11.7 Å². The molecule has 1 atom stereocenters. The summed E-state index contributed by atoms with van der Waals surface area (Å²) in [6.45, 7) is 4.13. The standard InChI is InChI=1S/C18H20FNO2/c1-3-13(2)16-6-4-5-7-17(16)20-18(21)12-22-15-10-8-14(19)9-11-15/h4-11,13H,3,12H2,1-2H3,(H,20,21)/t13-/m0/s1. The first-order valence-corrected chi connectivity index (χ1v) is 7.37. The van der Waals surface area contributed by atoms with Crippen LogP contribution < -0.4 is 10.1 Å². The van der Waals surface area contributed by atoms with Crippen molar-refractivity contribution in [2.24, 2.45) is 0 Å². The maximum Gasteiger partial charge on any atom is 0.262 e. The summed E-state index contributed by atoms with van der Waals surface area (Å²) >= 11 is 0. The molecule has 0 unspecified atom stereocenters. The van der Waals surface area contributed by atoms with E-state index in [2.05, 4.69) is 19.2 Å². The van der Waals surface area contributed by atoms with Crippen LogP contribution in [0.3, 0.4) is 0 Å². The number of benzene rings is 2. The maximum atomic E-state index is 12.8. The summed E-state index contributed by atoms with van der Waals surface area (Å²) in [5.74, 6) is 0.264. The number of hydrogen-bond acceptors (Lipinski definition) is 2. The lowest BCUT2D eigenvalue weighted by Gasteiger charge is -2.15. The Kier molecular flexibility index (Phi) is 5.53.